The van der Waals surface area contributed by atoms with Crippen molar-refractivity contribution in [2.45, 2.75) is 45.4 Å². The van der Waals surface area contributed by atoms with Crippen LogP contribution >= 0.6 is 24.0 Å². The van der Waals surface area contributed by atoms with E-state index in [2.05, 4.69) is 34.1 Å². The monoisotopic (exact) mass is 425 g/mol. The zero-order valence-corrected chi connectivity index (χ0v) is 16.8. The summed E-state index contributed by atoms with van der Waals surface area (Å²) in [5.41, 5.74) is 5.85. The molecule has 0 amide bonds. The molecule has 0 atom stereocenters. The average Bonchev–Trinajstić information content (AvgIpc) is 2.48. The Morgan fingerprint density at radius 3 is 2.45 bits per heavy atom. The predicted molar refractivity (Wildman–Crippen MR) is 107 cm³/mol. The summed E-state index contributed by atoms with van der Waals surface area (Å²) in [6, 6.07) is 0. The summed E-state index contributed by atoms with van der Waals surface area (Å²) in [7, 11) is 2.20. The third-order valence-corrected chi connectivity index (χ3v) is 4.10. The molecule has 1 heterocycles. The smallest absolute Gasteiger partial charge is 0.188 e. The van der Waals surface area contributed by atoms with Gasteiger partial charge < -0.3 is 20.9 Å². The predicted octanol–water partition coefficient (Wildman–Crippen LogP) is 2.12. The minimum atomic E-state index is 0. The van der Waals surface area contributed by atoms with E-state index >= 15 is 0 Å². The molecular formula is C16H36IN5. The second-order valence-corrected chi connectivity index (χ2v) is 6.11. The van der Waals surface area contributed by atoms with Crippen molar-refractivity contribution in [2.75, 3.05) is 52.9 Å². The highest BCUT2D eigenvalue weighted by atomic mass is 127. The second-order valence-electron chi connectivity index (χ2n) is 6.11. The van der Waals surface area contributed by atoms with Crippen LogP contribution in [0.4, 0.5) is 0 Å². The molecule has 1 aliphatic rings. The number of likely N-dealkylation sites (N-methyl/N-ethyl adjacent to an activating group) is 1. The molecule has 1 rings (SSSR count). The van der Waals surface area contributed by atoms with Crippen molar-refractivity contribution in [1.82, 2.24) is 15.1 Å². The number of hydrogen-bond acceptors (Lipinski definition) is 3. The fourth-order valence-electron chi connectivity index (χ4n) is 2.54. The second kappa shape index (κ2) is 14.5. The molecule has 0 aliphatic carbocycles. The summed E-state index contributed by atoms with van der Waals surface area (Å²) >= 11 is 0. The third-order valence-electron chi connectivity index (χ3n) is 4.10. The van der Waals surface area contributed by atoms with E-state index in [-0.39, 0.29) is 24.0 Å². The van der Waals surface area contributed by atoms with Crippen molar-refractivity contribution in [3.63, 3.8) is 0 Å². The maximum Gasteiger partial charge on any atom is 0.188 e. The lowest BCUT2D eigenvalue weighted by Gasteiger charge is -2.32. The molecule has 5 nitrogen and oxygen atoms in total. The molecular weight excluding hydrogens is 389 g/mol. The Balaban J connectivity index is 0.00000441. The Hall–Kier alpha value is -0.0800. The third kappa shape index (κ3) is 11.5. The number of nitrogens with zero attached hydrogens (tertiary/aromatic N) is 3. The molecule has 0 saturated carbocycles. The van der Waals surface area contributed by atoms with E-state index in [1.54, 1.807) is 0 Å². The van der Waals surface area contributed by atoms with E-state index in [4.69, 9.17) is 5.73 Å². The summed E-state index contributed by atoms with van der Waals surface area (Å²) in [5, 5.41) is 3.22. The van der Waals surface area contributed by atoms with E-state index in [9.17, 15) is 0 Å². The molecule has 1 fully saturated rings. The summed E-state index contributed by atoms with van der Waals surface area (Å²) in [6.07, 6.45) is 7.39. The number of nitrogens with two attached hydrogens (primary N) is 1. The molecule has 0 aromatic rings. The van der Waals surface area contributed by atoms with Crippen LogP contribution in [0.3, 0.4) is 0 Å². The molecule has 1 aliphatic heterocycles. The van der Waals surface area contributed by atoms with Crippen LogP contribution < -0.4 is 11.1 Å². The van der Waals surface area contributed by atoms with Gasteiger partial charge >= 0.3 is 0 Å². The van der Waals surface area contributed by atoms with Gasteiger partial charge in [0.25, 0.3) is 0 Å². The minimum absolute atomic E-state index is 0. The molecule has 0 aromatic heterocycles. The lowest BCUT2D eigenvalue weighted by molar-refractivity contribution is 0.152. The molecule has 0 aromatic carbocycles. The lowest BCUT2D eigenvalue weighted by atomic mass is 10.2. The van der Waals surface area contributed by atoms with E-state index in [0.717, 1.165) is 19.5 Å². The summed E-state index contributed by atoms with van der Waals surface area (Å²) < 4.78 is 0. The van der Waals surface area contributed by atoms with Crippen LogP contribution in [0.2, 0.25) is 0 Å². The van der Waals surface area contributed by atoms with Crippen molar-refractivity contribution in [1.29, 1.82) is 0 Å². The Morgan fingerprint density at radius 1 is 1.05 bits per heavy atom. The first kappa shape index (κ1) is 21.9. The van der Waals surface area contributed by atoms with Crippen LogP contribution in [0.25, 0.3) is 0 Å². The molecule has 6 heteroatoms. The number of hydrogen-bond donors (Lipinski definition) is 2. The van der Waals surface area contributed by atoms with Gasteiger partial charge in [0.2, 0.25) is 0 Å². The Morgan fingerprint density at radius 2 is 1.77 bits per heavy atom. The standard InChI is InChI=1S/C16H35N5.HI/c1-3-4-5-6-9-18-16(17)19-10-7-8-11-21-14-12-20(2)13-15-21;/h3-15H2,1-2H3,(H3,17,18,19);1H. The van der Waals surface area contributed by atoms with E-state index < -0.39 is 0 Å². The normalized spacial score (nSPS) is 17.3. The van der Waals surface area contributed by atoms with E-state index in [1.807, 2.05) is 0 Å². The Kier molecular flexibility index (Phi) is 14.5. The molecule has 132 valence electrons. The lowest BCUT2D eigenvalue weighted by Crippen LogP contribution is -2.44. The number of aliphatic imine (C=N–C) groups is 1. The Bertz CT molecular complexity index is 278. The SMILES string of the molecule is CCCCCCN=C(N)NCCCCN1CCN(C)CC1.I. The van der Waals surface area contributed by atoms with Crippen molar-refractivity contribution in [3.8, 4) is 0 Å². The average molecular weight is 425 g/mol. The van der Waals surface area contributed by atoms with Gasteiger partial charge in [-0.25, -0.2) is 0 Å². The maximum absolute atomic E-state index is 5.85. The fraction of sp³-hybridized carbons (Fsp3) is 0.938. The van der Waals surface area contributed by atoms with Crippen LogP contribution in [0.15, 0.2) is 4.99 Å². The van der Waals surface area contributed by atoms with Crippen molar-refractivity contribution < 1.29 is 0 Å². The van der Waals surface area contributed by atoms with Crippen LogP contribution in [0, 0.1) is 0 Å². The molecule has 1 saturated heterocycles. The van der Waals surface area contributed by atoms with Crippen LogP contribution in [-0.2, 0) is 0 Å². The van der Waals surface area contributed by atoms with Gasteiger partial charge in [0.05, 0.1) is 0 Å². The maximum atomic E-state index is 5.85. The summed E-state index contributed by atoms with van der Waals surface area (Å²) in [6.45, 7) is 10.1. The van der Waals surface area contributed by atoms with E-state index in [1.165, 1.54) is 64.8 Å². The van der Waals surface area contributed by atoms with Gasteiger partial charge in [0, 0.05) is 39.3 Å². The molecule has 0 spiro atoms. The zero-order valence-electron chi connectivity index (χ0n) is 14.5. The van der Waals surface area contributed by atoms with Crippen LogP contribution in [-0.4, -0.2) is 68.6 Å². The number of rotatable bonds is 10. The van der Waals surface area contributed by atoms with Gasteiger partial charge in [-0.05, 0) is 32.9 Å². The van der Waals surface area contributed by atoms with Gasteiger partial charge in [-0.3, -0.25) is 4.99 Å². The summed E-state index contributed by atoms with van der Waals surface area (Å²) in [4.78, 5) is 9.32. The van der Waals surface area contributed by atoms with Crippen molar-refractivity contribution >= 4 is 29.9 Å². The molecule has 0 radical (unpaired) electrons. The Labute approximate surface area is 154 Å². The summed E-state index contributed by atoms with van der Waals surface area (Å²) in [5.74, 6) is 0.617. The highest BCUT2D eigenvalue weighted by Crippen LogP contribution is 2.01. The minimum Gasteiger partial charge on any atom is -0.370 e. The topological polar surface area (TPSA) is 56.9 Å². The van der Waals surface area contributed by atoms with Gasteiger partial charge in [0.1, 0.15) is 0 Å². The first-order valence-electron chi connectivity index (χ1n) is 8.67. The van der Waals surface area contributed by atoms with Crippen molar-refractivity contribution in [3.05, 3.63) is 0 Å². The largest absolute Gasteiger partial charge is 0.370 e. The first-order valence-corrected chi connectivity index (χ1v) is 8.67. The number of unbranched alkanes of at least 4 members (excludes halogenated alkanes) is 4. The fourth-order valence-corrected chi connectivity index (χ4v) is 2.54. The highest BCUT2D eigenvalue weighted by molar-refractivity contribution is 14.0. The van der Waals surface area contributed by atoms with Gasteiger partial charge in [-0.2, -0.15) is 0 Å². The van der Waals surface area contributed by atoms with Crippen LogP contribution in [0.1, 0.15) is 45.4 Å². The molecule has 0 unspecified atom stereocenters. The van der Waals surface area contributed by atoms with E-state index in [0.29, 0.717) is 5.96 Å². The first-order chi connectivity index (χ1) is 10.2. The van der Waals surface area contributed by atoms with Gasteiger partial charge in [-0.1, -0.05) is 26.2 Å². The van der Waals surface area contributed by atoms with Crippen LogP contribution in [0.5, 0.6) is 0 Å². The van der Waals surface area contributed by atoms with Gasteiger partial charge in [0.15, 0.2) is 5.96 Å². The molecule has 0 bridgehead atoms. The number of piperazine rings is 1. The molecule has 3 N–H and O–H groups in total. The molecule has 22 heavy (non-hydrogen) atoms. The number of halogens is 1. The quantitative estimate of drug-likeness (QED) is 0.244. The number of nitrogens with one attached hydrogen (secondary N) is 1. The van der Waals surface area contributed by atoms with Crippen molar-refractivity contribution in [2.24, 2.45) is 10.7 Å². The zero-order chi connectivity index (χ0) is 15.3. The number of guanidine groups is 1. The van der Waals surface area contributed by atoms with Gasteiger partial charge in [-0.15, -0.1) is 24.0 Å². The highest BCUT2D eigenvalue weighted by Gasteiger charge is 2.12.